The number of carboxylic acids is 1. The Hall–Kier alpha value is -1.88. The van der Waals surface area contributed by atoms with Crippen LogP contribution in [-0.2, 0) is 70.7 Å². The van der Waals surface area contributed by atoms with Gasteiger partial charge in [0.05, 0.1) is 27.4 Å². The first-order chi connectivity index (χ1) is 30.5. The zero-order valence-corrected chi connectivity index (χ0v) is 45.5. The second-order valence-electron chi connectivity index (χ2n) is 12.8. The van der Waals surface area contributed by atoms with Crippen LogP contribution in [0.1, 0.15) is 61.6 Å². The van der Waals surface area contributed by atoms with Gasteiger partial charge >= 0.3 is 81.6 Å². The summed E-state index contributed by atoms with van der Waals surface area (Å²) in [4.78, 5) is 35.4. The van der Waals surface area contributed by atoms with Gasteiger partial charge in [0.2, 0.25) is 20.0 Å². The number of ether oxygens (including phenoxy) is 1. The van der Waals surface area contributed by atoms with Gasteiger partial charge in [-0.15, -0.1) is 0 Å². The van der Waals surface area contributed by atoms with Crippen LogP contribution < -0.4 is 10.3 Å². The molecule has 22 heteroatoms. The normalized spacial score (nSPS) is 11.4. The van der Waals surface area contributed by atoms with E-state index in [9.17, 15) is 31.5 Å². The third-order valence-electron chi connectivity index (χ3n) is 8.46. The Balaban J connectivity index is 0.000000341. The van der Waals surface area contributed by atoms with Crippen LogP contribution >= 0.6 is 39.1 Å². The van der Waals surface area contributed by atoms with Crippen LogP contribution in [0, 0.1) is 0 Å². The van der Waals surface area contributed by atoms with Crippen LogP contribution in [-0.4, -0.2) is 109 Å². The number of carbonyl (C=O) groups is 3. The number of furan rings is 1. The standard InChI is InChI=1S/C20H18ClNO5S.C14H14ClNO4S.C7H7Br.CH2O4.2K/c21-18-11-15(8-9-16-7-4-10-26-16)17(12-19(18)28(22,24)25)20(23)27-13-14-5-2-1-3-6-14;15-12-7-10(6-5-9-3-1-2-4-9)11(14(17)18)8-13(12)21(16,19)20;8-6-7-4-2-1-3-5-7;2-1-4-5-3;;/h1-7,10-12H,8-9,13H2,(H2,22,24,25);1-3,7-8H,4-6H2,(H,17,18)(H2,16,19,20);1-5H,6H2;1,3H;;. The molecular formula is C42H41BrCl2K2N2O13S2. The molecule has 6 N–H and O–H groups in total. The van der Waals surface area contributed by atoms with Crippen molar-refractivity contribution in [2.75, 3.05) is 0 Å². The number of hydrogen-bond acceptors (Lipinski definition) is 12. The number of alkyl halides is 1. The minimum atomic E-state index is -4.09. The molecule has 0 radical (unpaired) electrons. The van der Waals surface area contributed by atoms with Crippen LogP contribution in [0.25, 0.3) is 0 Å². The summed E-state index contributed by atoms with van der Waals surface area (Å²) in [5.74, 6) is -1.12. The van der Waals surface area contributed by atoms with Gasteiger partial charge in [-0.1, -0.05) is 124 Å². The van der Waals surface area contributed by atoms with Gasteiger partial charge in [0, 0.05) is 11.8 Å². The Morgan fingerprint density at radius 2 is 1.31 bits per heavy atom. The number of halogens is 3. The summed E-state index contributed by atoms with van der Waals surface area (Å²) in [7, 11) is -8.14. The molecule has 0 bridgehead atoms. The van der Waals surface area contributed by atoms with Crippen molar-refractivity contribution in [3.8, 4) is 0 Å². The molecule has 0 saturated carbocycles. The first-order valence-electron chi connectivity index (χ1n) is 19.0. The van der Waals surface area contributed by atoms with Gasteiger partial charge in [-0.3, -0.25) is 9.68 Å². The van der Waals surface area contributed by atoms with Crippen LogP contribution in [0.5, 0.6) is 0 Å². The number of carboxylic acid groups (broad SMARTS) is 1. The van der Waals surface area contributed by atoms with Gasteiger partial charge in [-0.05, 0) is 89.4 Å². The predicted molar refractivity (Wildman–Crippen MR) is 246 cm³/mol. The Morgan fingerprint density at radius 1 is 0.781 bits per heavy atom. The van der Waals surface area contributed by atoms with E-state index in [4.69, 9.17) is 52.7 Å². The van der Waals surface area contributed by atoms with Gasteiger partial charge in [0.25, 0.3) is 0 Å². The van der Waals surface area contributed by atoms with Crippen molar-refractivity contribution >= 4 is 141 Å². The van der Waals surface area contributed by atoms with E-state index < -0.39 is 32.0 Å². The molecule has 1 heterocycles. The average molecular weight is 1070 g/mol. The number of esters is 1. The molecule has 1 aliphatic carbocycles. The second kappa shape index (κ2) is 31.2. The third-order valence-corrected chi connectivity index (χ3v) is 11.9. The van der Waals surface area contributed by atoms with E-state index in [-0.39, 0.29) is 44.0 Å². The van der Waals surface area contributed by atoms with Gasteiger partial charge in [0.1, 0.15) is 22.2 Å². The van der Waals surface area contributed by atoms with E-state index in [2.05, 4.69) is 38.0 Å². The van der Waals surface area contributed by atoms with E-state index in [1.54, 1.807) is 12.3 Å². The summed E-state index contributed by atoms with van der Waals surface area (Å²) < 4.78 is 57.0. The van der Waals surface area contributed by atoms with Gasteiger partial charge in [0.15, 0.2) is 0 Å². The summed E-state index contributed by atoms with van der Waals surface area (Å²) in [5, 5.41) is 30.3. The van der Waals surface area contributed by atoms with E-state index >= 15 is 0 Å². The van der Waals surface area contributed by atoms with Gasteiger partial charge in [-0.25, -0.2) is 42.0 Å². The summed E-state index contributed by atoms with van der Waals surface area (Å²) in [6.45, 7) is 0.0185. The predicted octanol–water partition coefficient (Wildman–Crippen LogP) is 7.61. The number of hydrogen-bond donors (Lipinski definition) is 4. The van der Waals surface area contributed by atoms with E-state index in [0.29, 0.717) is 36.8 Å². The SMILES string of the molecule is BrCc1ccccc1.NS(=O)(=O)c1cc(C(=O)O)c(CCC2=CC=CC2)cc1Cl.NS(=O)(=O)c1cc(C(=O)OCc2ccccc2)c(CCc2ccco2)cc1Cl.O=COOO.[K][K]. The molecule has 0 fully saturated rings. The summed E-state index contributed by atoms with van der Waals surface area (Å²) >= 11 is 17.9. The number of primary sulfonamides is 2. The van der Waals surface area contributed by atoms with E-state index in [0.717, 1.165) is 29.1 Å². The molecule has 0 atom stereocenters. The van der Waals surface area contributed by atoms with Crippen molar-refractivity contribution in [2.24, 2.45) is 10.3 Å². The molecule has 5 aromatic rings. The first kappa shape index (κ1) is 58.2. The van der Waals surface area contributed by atoms with Crippen LogP contribution in [0.15, 0.2) is 141 Å². The zero-order valence-electron chi connectivity index (χ0n) is 34.6. The molecule has 0 saturated heterocycles. The van der Waals surface area contributed by atoms with Gasteiger partial charge in [-0.2, -0.15) is 0 Å². The molecule has 0 aliphatic heterocycles. The van der Waals surface area contributed by atoms with E-state index in [1.807, 2.05) is 72.8 Å². The number of carbonyl (C=O) groups excluding carboxylic acids is 2. The molecule has 0 spiro atoms. The fraction of sp³-hybridized carbons (Fsp3) is 0.167. The molecule has 4 aromatic carbocycles. The van der Waals surface area contributed by atoms with Crippen molar-refractivity contribution in [3.63, 3.8) is 0 Å². The average Bonchev–Trinajstić information content (AvgIpc) is 4.01. The summed E-state index contributed by atoms with van der Waals surface area (Å²) in [6, 6.07) is 28.0. The van der Waals surface area contributed by atoms with Crippen molar-refractivity contribution < 1.29 is 60.7 Å². The molecule has 64 heavy (non-hydrogen) atoms. The Bertz CT molecular complexity index is 2550. The van der Waals surface area contributed by atoms with Crippen molar-refractivity contribution in [2.45, 2.75) is 53.8 Å². The molecule has 332 valence electrons. The molecule has 15 nitrogen and oxygen atoms in total. The minimum absolute atomic E-state index is 0.0417. The van der Waals surface area contributed by atoms with Crippen molar-refractivity contribution in [1.29, 1.82) is 0 Å². The molecule has 0 amide bonds. The Labute approximate surface area is 434 Å². The number of sulfonamides is 2. The first-order valence-corrected chi connectivity index (χ1v) is 40.0. The maximum atomic E-state index is 12.7. The number of allylic oxidation sites excluding steroid dienone is 4. The quantitative estimate of drug-likeness (QED) is 0.0197. The topological polar surface area (TPSA) is 253 Å². The molecular weight excluding hydrogens is 1030 g/mol. The number of aromatic carboxylic acids is 1. The molecule has 1 aliphatic rings. The monoisotopic (exact) mass is 1070 g/mol. The van der Waals surface area contributed by atoms with Crippen molar-refractivity contribution in [3.05, 3.63) is 176 Å². The van der Waals surface area contributed by atoms with Crippen LogP contribution in [0.3, 0.4) is 0 Å². The maximum absolute atomic E-state index is 12.7. The Morgan fingerprint density at radius 3 is 1.73 bits per heavy atom. The number of rotatable bonds is 15. The second-order valence-corrected chi connectivity index (χ2v) is 17.2. The summed E-state index contributed by atoms with van der Waals surface area (Å²) in [5.41, 5.74) is 4.39. The molecule has 1 aromatic heterocycles. The fourth-order valence-corrected chi connectivity index (χ4v) is 8.12. The zero-order chi connectivity index (χ0) is 47.7. The summed E-state index contributed by atoms with van der Waals surface area (Å²) in [6.07, 6.45) is 10.5. The van der Waals surface area contributed by atoms with Crippen LogP contribution in [0.4, 0.5) is 0 Å². The van der Waals surface area contributed by atoms with Gasteiger partial charge < -0.3 is 14.3 Å². The Kier molecular flexibility index (Phi) is 28.4. The number of aryl methyl sites for hydroxylation is 3. The van der Waals surface area contributed by atoms with E-state index in [1.165, 1.54) is 92.5 Å². The van der Waals surface area contributed by atoms with Crippen LogP contribution in [0.2, 0.25) is 10.0 Å². The number of benzene rings is 4. The third kappa shape index (κ3) is 21.4. The van der Waals surface area contributed by atoms with Crippen molar-refractivity contribution in [1.82, 2.24) is 0 Å². The number of nitrogens with two attached hydrogens (primary N) is 2. The fourth-order valence-electron chi connectivity index (χ4n) is 5.50. The molecule has 6 rings (SSSR count). The molecule has 0 unspecified atom stereocenters.